The molecule has 0 saturated carbocycles. The van der Waals surface area contributed by atoms with Crippen molar-refractivity contribution < 1.29 is 9.90 Å². The molecule has 0 unspecified atom stereocenters. The Balaban J connectivity index is 2.09. The van der Waals surface area contributed by atoms with Gasteiger partial charge in [-0.25, -0.2) is 5.01 Å². The molecule has 74 valence electrons. The lowest BCUT2D eigenvalue weighted by atomic mass is 10.0. The Morgan fingerprint density at radius 1 is 1.36 bits per heavy atom. The van der Waals surface area contributed by atoms with Crippen LogP contribution in [-0.2, 0) is 13.0 Å². The second-order valence-corrected chi connectivity index (χ2v) is 3.34. The van der Waals surface area contributed by atoms with Gasteiger partial charge in [-0.15, -0.1) is 0 Å². The van der Waals surface area contributed by atoms with Gasteiger partial charge in [-0.3, -0.25) is 0 Å². The average Bonchev–Trinajstić information content (AvgIpc) is 2.17. The van der Waals surface area contributed by atoms with Crippen LogP contribution in [0.1, 0.15) is 11.1 Å². The normalized spacial score (nSPS) is 16.0. The molecule has 1 amide bonds. The average molecular weight is 191 g/mol. The van der Waals surface area contributed by atoms with Crippen molar-refractivity contribution in [1.82, 2.24) is 10.4 Å². The highest BCUT2D eigenvalue weighted by Crippen LogP contribution is 2.16. The lowest BCUT2D eigenvalue weighted by Crippen LogP contribution is -2.50. The van der Waals surface area contributed by atoms with Gasteiger partial charge in [-0.2, -0.15) is 0 Å². The van der Waals surface area contributed by atoms with Gasteiger partial charge in [0, 0.05) is 13.1 Å². The molecule has 0 aromatic heterocycles. The molecular formula is C10H11N2O2-. The zero-order valence-corrected chi connectivity index (χ0v) is 7.69. The smallest absolute Gasteiger partial charge is 0.149 e. The molecule has 1 heterocycles. The molecule has 14 heavy (non-hydrogen) atoms. The van der Waals surface area contributed by atoms with E-state index in [1.54, 1.807) is 5.01 Å². The van der Waals surface area contributed by atoms with Gasteiger partial charge in [-0.1, -0.05) is 24.3 Å². The van der Waals surface area contributed by atoms with Gasteiger partial charge in [0.05, 0.1) is 0 Å². The number of amides is 1. The molecule has 4 heteroatoms. The first kappa shape index (κ1) is 9.02. The van der Waals surface area contributed by atoms with E-state index < -0.39 is 6.09 Å². The molecular weight excluding hydrogens is 180 g/mol. The number of carbonyl (C=O) groups excluding carboxylic acids is 1. The summed E-state index contributed by atoms with van der Waals surface area (Å²) in [4.78, 5) is 10.3. The van der Waals surface area contributed by atoms with Crippen LogP contribution in [0.4, 0.5) is 4.79 Å². The van der Waals surface area contributed by atoms with Crippen molar-refractivity contribution in [1.29, 1.82) is 0 Å². The quantitative estimate of drug-likeness (QED) is 0.674. The Morgan fingerprint density at radius 2 is 2.07 bits per heavy atom. The van der Waals surface area contributed by atoms with Crippen molar-refractivity contribution in [3.63, 3.8) is 0 Å². The highest BCUT2D eigenvalue weighted by molar-refractivity contribution is 5.61. The molecule has 1 aromatic rings. The number of rotatable bonds is 1. The zero-order valence-electron chi connectivity index (χ0n) is 7.69. The van der Waals surface area contributed by atoms with Crippen molar-refractivity contribution in [2.45, 2.75) is 13.0 Å². The molecule has 1 N–H and O–H groups in total. The van der Waals surface area contributed by atoms with Gasteiger partial charge in [0.2, 0.25) is 0 Å². The van der Waals surface area contributed by atoms with Crippen molar-refractivity contribution in [2.24, 2.45) is 0 Å². The summed E-state index contributed by atoms with van der Waals surface area (Å²) in [5.41, 5.74) is 4.73. The number of benzene rings is 1. The molecule has 0 saturated heterocycles. The molecule has 0 aliphatic carbocycles. The number of carbonyl (C=O) groups is 1. The number of hydrogen-bond donors (Lipinski definition) is 1. The van der Waals surface area contributed by atoms with E-state index >= 15 is 0 Å². The first-order valence-electron chi connectivity index (χ1n) is 4.55. The molecule has 4 nitrogen and oxygen atoms in total. The topological polar surface area (TPSA) is 55.4 Å². The number of nitrogens with zero attached hydrogens (tertiary/aromatic N) is 1. The highest BCUT2D eigenvalue weighted by atomic mass is 16.4. The van der Waals surface area contributed by atoms with E-state index in [4.69, 9.17) is 0 Å². The summed E-state index contributed by atoms with van der Waals surface area (Å²) >= 11 is 0. The molecule has 0 bridgehead atoms. The van der Waals surface area contributed by atoms with Crippen molar-refractivity contribution in [3.05, 3.63) is 35.4 Å². The lowest BCUT2D eigenvalue weighted by molar-refractivity contribution is -0.257. The van der Waals surface area contributed by atoms with Crippen molar-refractivity contribution in [3.8, 4) is 0 Å². The second kappa shape index (κ2) is 3.67. The van der Waals surface area contributed by atoms with Crippen LogP contribution in [0, 0.1) is 0 Å². The molecule has 0 fully saturated rings. The van der Waals surface area contributed by atoms with E-state index in [9.17, 15) is 9.90 Å². The summed E-state index contributed by atoms with van der Waals surface area (Å²) in [6, 6.07) is 8.05. The third kappa shape index (κ3) is 1.85. The predicted molar refractivity (Wildman–Crippen MR) is 49.1 cm³/mol. The van der Waals surface area contributed by atoms with E-state index in [2.05, 4.69) is 11.5 Å². The van der Waals surface area contributed by atoms with Crippen LogP contribution in [0.15, 0.2) is 24.3 Å². The maximum Gasteiger partial charge on any atom is 0.149 e. The number of fused-ring (bicyclic) bond motifs is 1. The van der Waals surface area contributed by atoms with Crippen molar-refractivity contribution in [2.75, 3.05) is 6.54 Å². The van der Waals surface area contributed by atoms with Crippen LogP contribution < -0.4 is 10.5 Å². The molecule has 1 aliphatic heterocycles. The van der Waals surface area contributed by atoms with Gasteiger partial charge in [0.15, 0.2) is 0 Å². The van der Waals surface area contributed by atoms with Crippen LogP contribution in [-0.4, -0.2) is 17.6 Å². The molecule has 2 rings (SSSR count). The minimum atomic E-state index is -1.25. The van der Waals surface area contributed by atoms with Crippen LogP contribution >= 0.6 is 0 Å². The fourth-order valence-electron chi connectivity index (χ4n) is 1.72. The lowest BCUT2D eigenvalue weighted by Gasteiger charge is -2.29. The van der Waals surface area contributed by atoms with Crippen LogP contribution in [0.2, 0.25) is 0 Å². The predicted octanol–water partition coefficient (Wildman–Crippen LogP) is -0.107. The first-order chi connectivity index (χ1) is 6.75. The Morgan fingerprint density at radius 3 is 2.79 bits per heavy atom. The second-order valence-electron chi connectivity index (χ2n) is 3.34. The van der Waals surface area contributed by atoms with E-state index in [-0.39, 0.29) is 0 Å². The summed E-state index contributed by atoms with van der Waals surface area (Å²) in [7, 11) is 0. The maximum atomic E-state index is 10.3. The maximum absolute atomic E-state index is 10.3. The summed E-state index contributed by atoms with van der Waals surface area (Å²) < 4.78 is 0. The van der Waals surface area contributed by atoms with E-state index in [1.165, 1.54) is 11.1 Å². The SMILES string of the molecule is O=C([O-])NN1CCc2ccccc2C1. The highest BCUT2D eigenvalue weighted by Gasteiger charge is 2.14. The van der Waals surface area contributed by atoms with Crippen LogP contribution in [0.25, 0.3) is 0 Å². The van der Waals surface area contributed by atoms with Gasteiger partial charge >= 0.3 is 0 Å². The number of nitrogens with one attached hydrogen (secondary N) is 1. The summed E-state index contributed by atoms with van der Waals surface area (Å²) in [5, 5.41) is 12.0. The summed E-state index contributed by atoms with van der Waals surface area (Å²) in [6.07, 6.45) is -0.374. The van der Waals surface area contributed by atoms with Crippen molar-refractivity contribution >= 4 is 6.09 Å². The largest absolute Gasteiger partial charge is 0.529 e. The van der Waals surface area contributed by atoms with E-state index in [0.717, 1.165) is 6.42 Å². The Bertz CT molecular complexity index is 352. The zero-order chi connectivity index (χ0) is 9.97. The first-order valence-corrected chi connectivity index (χ1v) is 4.55. The van der Waals surface area contributed by atoms with Gasteiger partial charge in [0.1, 0.15) is 6.09 Å². The minimum Gasteiger partial charge on any atom is -0.529 e. The third-order valence-corrected chi connectivity index (χ3v) is 2.38. The third-order valence-electron chi connectivity index (χ3n) is 2.38. The van der Waals surface area contributed by atoms with Gasteiger partial charge in [0.25, 0.3) is 0 Å². The minimum absolute atomic E-state index is 0.615. The summed E-state index contributed by atoms with van der Waals surface area (Å²) in [6.45, 7) is 1.31. The number of hydrazine groups is 1. The molecule has 0 atom stereocenters. The van der Waals surface area contributed by atoms with E-state index in [0.29, 0.717) is 13.1 Å². The van der Waals surface area contributed by atoms with Gasteiger partial charge < -0.3 is 15.3 Å². The number of hydrogen-bond acceptors (Lipinski definition) is 3. The fraction of sp³-hybridized carbons (Fsp3) is 0.300. The Labute approximate surface area is 82.1 Å². The van der Waals surface area contributed by atoms with Crippen LogP contribution in [0.5, 0.6) is 0 Å². The van der Waals surface area contributed by atoms with E-state index in [1.807, 2.05) is 18.2 Å². The van der Waals surface area contributed by atoms with Gasteiger partial charge in [-0.05, 0) is 17.5 Å². The molecule has 1 aliphatic rings. The fourth-order valence-corrected chi connectivity index (χ4v) is 1.72. The standard InChI is InChI=1S/C10H12N2O2/c13-10(14)11-12-6-5-8-3-1-2-4-9(8)7-12/h1-4,11H,5-7H2,(H,13,14)/p-1. The molecule has 1 aromatic carbocycles. The van der Waals surface area contributed by atoms with Crippen LogP contribution in [0.3, 0.4) is 0 Å². The monoisotopic (exact) mass is 191 g/mol. The Kier molecular flexibility index (Phi) is 2.37. The summed E-state index contributed by atoms with van der Waals surface area (Å²) in [5.74, 6) is 0. The number of carboxylic acid groups (broad SMARTS) is 1. The Hall–Kier alpha value is -1.55. The molecule has 0 spiro atoms. The molecule has 0 radical (unpaired) electrons.